The quantitative estimate of drug-likeness (QED) is 0.535. The highest BCUT2D eigenvalue weighted by molar-refractivity contribution is 5.88. The highest BCUT2D eigenvalue weighted by Crippen LogP contribution is 2.35. The molecule has 0 atom stereocenters. The van der Waals surface area contributed by atoms with Gasteiger partial charge in [-0.3, -0.25) is 19.8 Å². The van der Waals surface area contributed by atoms with Crippen LogP contribution in [0, 0.1) is 10.1 Å². The van der Waals surface area contributed by atoms with Crippen molar-refractivity contribution in [2.75, 3.05) is 11.9 Å². The monoisotopic (exact) mass is 417 g/mol. The molecule has 0 unspecified atom stereocenters. The molecule has 0 spiro atoms. The van der Waals surface area contributed by atoms with Crippen LogP contribution in [0.15, 0.2) is 35.3 Å². The molecule has 0 saturated heterocycles. The molecule has 0 radical (unpaired) electrons. The Morgan fingerprint density at radius 2 is 1.87 bits per heavy atom. The van der Waals surface area contributed by atoms with Gasteiger partial charge in [0, 0.05) is 43.6 Å². The molecule has 0 aliphatic carbocycles. The van der Waals surface area contributed by atoms with Crippen molar-refractivity contribution in [3.05, 3.63) is 50.9 Å². The maximum absolute atomic E-state index is 12.7. The number of carbonyl (C=O) groups is 1. The summed E-state index contributed by atoms with van der Waals surface area (Å²) in [6.07, 6.45) is 0.692. The van der Waals surface area contributed by atoms with Gasteiger partial charge in [0.25, 0.3) is 11.2 Å². The number of nitro benzene ring substituents is 1. The van der Waals surface area contributed by atoms with Crippen molar-refractivity contribution in [3.63, 3.8) is 0 Å². The molecule has 2 aromatic rings. The second-order valence-corrected chi connectivity index (χ2v) is 8.17. The van der Waals surface area contributed by atoms with Crippen molar-refractivity contribution < 1.29 is 19.2 Å². The molecule has 1 aromatic carbocycles. The highest BCUT2D eigenvalue weighted by atomic mass is 16.6. The SMILES string of the molecule is CC(C)Oc1ccc([N+](=O)[O-])cc1-c1cc(N(C)C(=O)OC(C)(C)C)c(=O)n(C)c1. The molecular formula is C21H27N3O6. The van der Waals surface area contributed by atoms with Crippen LogP contribution in [-0.2, 0) is 11.8 Å². The number of aromatic nitrogens is 1. The number of benzene rings is 1. The summed E-state index contributed by atoms with van der Waals surface area (Å²) in [4.78, 5) is 37.0. The average Bonchev–Trinajstić information content (AvgIpc) is 2.61. The van der Waals surface area contributed by atoms with Crippen LogP contribution in [0.5, 0.6) is 5.75 Å². The minimum Gasteiger partial charge on any atom is -0.490 e. The molecule has 9 nitrogen and oxygen atoms in total. The molecule has 2 rings (SSSR count). The van der Waals surface area contributed by atoms with Crippen LogP contribution in [0.1, 0.15) is 34.6 Å². The Kier molecular flexibility index (Phi) is 6.54. The summed E-state index contributed by atoms with van der Waals surface area (Å²) in [7, 11) is 2.98. The van der Waals surface area contributed by atoms with E-state index in [0.717, 1.165) is 4.90 Å². The van der Waals surface area contributed by atoms with E-state index in [1.54, 1.807) is 34.0 Å². The number of pyridine rings is 1. The lowest BCUT2D eigenvalue weighted by Crippen LogP contribution is -2.37. The van der Waals surface area contributed by atoms with Crippen molar-refractivity contribution in [2.45, 2.75) is 46.3 Å². The predicted octanol–water partition coefficient (Wildman–Crippen LogP) is 4.12. The van der Waals surface area contributed by atoms with Gasteiger partial charge < -0.3 is 14.0 Å². The number of hydrogen-bond acceptors (Lipinski definition) is 6. The lowest BCUT2D eigenvalue weighted by atomic mass is 10.0. The standard InChI is InChI=1S/C21H27N3O6/c1-13(2)29-18-9-8-15(24(27)28)11-16(18)14-10-17(19(25)22(6)12-14)23(7)20(26)30-21(3,4)5/h8-13H,1-7H3. The van der Waals surface area contributed by atoms with Crippen LogP contribution in [0.3, 0.4) is 0 Å². The van der Waals surface area contributed by atoms with Gasteiger partial charge in [0.05, 0.1) is 11.0 Å². The second kappa shape index (κ2) is 8.56. The number of non-ortho nitro benzene ring substituents is 1. The molecule has 1 amide bonds. The number of ether oxygens (including phenoxy) is 2. The third-order valence-corrected chi connectivity index (χ3v) is 4.04. The first-order chi connectivity index (χ1) is 13.8. The summed E-state index contributed by atoms with van der Waals surface area (Å²) >= 11 is 0. The molecule has 162 valence electrons. The lowest BCUT2D eigenvalue weighted by molar-refractivity contribution is -0.384. The largest absolute Gasteiger partial charge is 0.490 e. The third-order valence-electron chi connectivity index (χ3n) is 4.04. The maximum atomic E-state index is 12.7. The van der Waals surface area contributed by atoms with E-state index in [1.807, 2.05) is 13.8 Å². The fourth-order valence-electron chi connectivity index (χ4n) is 2.72. The van der Waals surface area contributed by atoms with E-state index >= 15 is 0 Å². The van der Waals surface area contributed by atoms with Crippen molar-refractivity contribution in [1.29, 1.82) is 0 Å². The number of nitro groups is 1. The molecule has 0 bridgehead atoms. The zero-order valence-electron chi connectivity index (χ0n) is 18.3. The first kappa shape index (κ1) is 22.9. The molecule has 1 aromatic heterocycles. The Morgan fingerprint density at radius 3 is 2.40 bits per heavy atom. The van der Waals surface area contributed by atoms with E-state index in [1.165, 1.54) is 35.9 Å². The molecule has 0 fully saturated rings. The number of hydrogen-bond donors (Lipinski definition) is 0. The minimum absolute atomic E-state index is 0.0752. The Morgan fingerprint density at radius 1 is 1.23 bits per heavy atom. The summed E-state index contributed by atoms with van der Waals surface area (Å²) < 4.78 is 12.5. The number of rotatable bonds is 5. The lowest BCUT2D eigenvalue weighted by Gasteiger charge is -2.25. The summed E-state index contributed by atoms with van der Waals surface area (Å²) in [6.45, 7) is 8.87. The van der Waals surface area contributed by atoms with Gasteiger partial charge >= 0.3 is 6.09 Å². The number of carbonyl (C=O) groups excluding carboxylic acids is 1. The van der Waals surface area contributed by atoms with E-state index in [2.05, 4.69) is 0 Å². The topological polar surface area (TPSA) is 104 Å². The third kappa shape index (κ3) is 5.37. The first-order valence-corrected chi connectivity index (χ1v) is 9.43. The van der Waals surface area contributed by atoms with Gasteiger partial charge in [-0.1, -0.05) is 0 Å². The van der Waals surface area contributed by atoms with Gasteiger partial charge in [-0.25, -0.2) is 4.79 Å². The molecule has 1 heterocycles. The Hall–Kier alpha value is -3.36. The fourth-order valence-corrected chi connectivity index (χ4v) is 2.72. The summed E-state index contributed by atoms with van der Waals surface area (Å²) in [5, 5.41) is 11.3. The Bertz CT molecular complexity index is 1020. The highest BCUT2D eigenvalue weighted by Gasteiger charge is 2.24. The van der Waals surface area contributed by atoms with Gasteiger partial charge in [0.2, 0.25) is 0 Å². The van der Waals surface area contributed by atoms with E-state index in [4.69, 9.17) is 9.47 Å². The predicted molar refractivity (Wildman–Crippen MR) is 114 cm³/mol. The summed E-state index contributed by atoms with van der Waals surface area (Å²) in [5.41, 5.74) is -0.256. The Balaban J connectivity index is 2.64. The number of aryl methyl sites for hydroxylation is 1. The van der Waals surface area contributed by atoms with Gasteiger partial charge in [0.15, 0.2) is 0 Å². The van der Waals surface area contributed by atoms with Gasteiger partial charge in [-0.05, 0) is 46.8 Å². The van der Waals surface area contributed by atoms with Crippen molar-refractivity contribution in [2.24, 2.45) is 7.05 Å². The van der Waals surface area contributed by atoms with Crippen LogP contribution < -0.4 is 15.2 Å². The Labute approximate surface area is 175 Å². The van der Waals surface area contributed by atoms with Crippen LogP contribution in [0.4, 0.5) is 16.2 Å². The molecule has 9 heteroatoms. The van der Waals surface area contributed by atoms with Crippen LogP contribution >= 0.6 is 0 Å². The van der Waals surface area contributed by atoms with E-state index in [9.17, 15) is 19.7 Å². The zero-order valence-corrected chi connectivity index (χ0v) is 18.3. The zero-order chi connectivity index (χ0) is 22.8. The average molecular weight is 417 g/mol. The molecule has 0 aliphatic heterocycles. The van der Waals surface area contributed by atoms with E-state index in [-0.39, 0.29) is 17.5 Å². The molecule has 0 aliphatic rings. The normalized spacial score (nSPS) is 11.3. The van der Waals surface area contributed by atoms with Crippen molar-refractivity contribution >= 4 is 17.5 Å². The second-order valence-electron chi connectivity index (χ2n) is 8.17. The molecule has 30 heavy (non-hydrogen) atoms. The van der Waals surface area contributed by atoms with E-state index in [0.29, 0.717) is 16.9 Å². The fraction of sp³-hybridized carbons (Fsp3) is 0.429. The maximum Gasteiger partial charge on any atom is 0.414 e. The smallest absolute Gasteiger partial charge is 0.414 e. The van der Waals surface area contributed by atoms with Gasteiger partial charge in [0.1, 0.15) is 17.0 Å². The van der Waals surface area contributed by atoms with Gasteiger partial charge in [-0.2, -0.15) is 0 Å². The summed E-state index contributed by atoms with van der Waals surface area (Å²) in [5.74, 6) is 0.431. The number of nitrogens with zero attached hydrogens (tertiary/aromatic N) is 3. The van der Waals surface area contributed by atoms with Crippen LogP contribution in [0.2, 0.25) is 0 Å². The summed E-state index contributed by atoms with van der Waals surface area (Å²) in [6, 6.07) is 5.76. The van der Waals surface area contributed by atoms with Crippen molar-refractivity contribution in [1.82, 2.24) is 4.57 Å². The van der Waals surface area contributed by atoms with Crippen LogP contribution in [-0.4, -0.2) is 34.3 Å². The van der Waals surface area contributed by atoms with Crippen LogP contribution in [0.25, 0.3) is 11.1 Å². The number of anilines is 1. The first-order valence-electron chi connectivity index (χ1n) is 9.43. The molecule has 0 N–H and O–H groups in total. The molecular weight excluding hydrogens is 390 g/mol. The van der Waals surface area contributed by atoms with E-state index < -0.39 is 22.2 Å². The van der Waals surface area contributed by atoms with Gasteiger partial charge in [-0.15, -0.1) is 0 Å². The molecule has 0 saturated carbocycles. The number of amides is 1. The van der Waals surface area contributed by atoms with Crippen molar-refractivity contribution in [3.8, 4) is 16.9 Å². The minimum atomic E-state index is -0.730.